The number of para-hydroxylation sites is 1. The molecule has 2 aromatic rings. The molecule has 0 saturated carbocycles. The van der Waals surface area contributed by atoms with Crippen molar-refractivity contribution in [2.24, 2.45) is 5.92 Å². The highest BCUT2D eigenvalue weighted by Crippen LogP contribution is 2.31. The van der Waals surface area contributed by atoms with Crippen LogP contribution in [0.2, 0.25) is 0 Å². The van der Waals surface area contributed by atoms with Crippen molar-refractivity contribution in [2.45, 2.75) is 52.1 Å². The zero-order valence-corrected chi connectivity index (χ0v) is 19.0. The summed E-state index contributed by atoms with van der Waals surface area (Å²) >= 11 is 0. The minimum Gasteiger partial charge on any atom is -0.481 e. The SMILES string of the molecule is Cc1ccccc1Oc1ccc(CC(=O)N2CCCC2=C2CC(CC(C)C(=O)O)ON2)cc1. The van der Waals surface area contributed by atoms with Crippen LogP contribution in [0.15, 0.2) is 59.9 Å². The van der Waals surface area contributed by atoms with Crippen LogP contribution in [0.4, 0.5) is 0 Å². The van der Waals surface area contributed by atoms with Gasteiger partial charge in [0.25, 0.3) is 0 Å². The van der Waals surface area contributed by atoms with Gasteiger partial charge in [-0.25, -0.2) is 0 Å². The van der Waals surface area contributed by atoms with Crippen LogP contribution >= 0.6 is 0 Å². The molecule has 0 bridgehead atoms. The lowest BCUT2D eigenvalue weighted by Crippen LogP contribution is -2.29. The second kappa shape index (κ2) is 10.1. The molecule has 2 aromatic carbocycles. The van der Waals surface area contributed by atoms with Gasteiger partial charge >= 0.3 is 5.97 Å². The first-order valence-electron chi connectivity index (χ1n) is 11.4. The highest BCUT2D eigenvalue weighted by molar-refractivity contribution is 5.81. The van der Waals surface area contributed by atoms with Crippen molar-refractivity contribution in [3.05, 3.63) is 71.1 Å². The first kappa shape index (κ1) is 22.9. The number of allylic oxidation sites excluding steroid dienone is 1. The smallest absolute Gasteiger partial charge is 0.306 e. The summed E-state index contributed by atoms with van der Waals surface area (Å²) in [5.41, 5.74) is 6.80. The van der Waals surface area contributed by atoms with Crippen molar-refractivity contribution in [1.82, 2.24) is 10.4 Å². The molecule has 2 saturated heterocycles. The lowest BCUT2D eigenvalue weighted by molar-refractivity contribution is -0.142. The van der Waals surface area contributed by atoms with Gasteiger partial charge in [0.15, 0.2) is 0 Å². The number of aliphatic carboxylic acids is 1. The fourth-order valence-corrected chi connectivity index (χ4v) is 4.28. The largest absolute Gasteiger partial charge is 0.481 e. The lowest BCUT2D eigenvalue weighted by Gasteiger charge is -2.20. The first-order chi connectivity index (χ1) is 15.9. The van der Waals surface area contributed by atoms with E-state index in [4.69, 9.17) is 14.7 Å². The zero-order valence-electron chi connectivity index (χ0n) is 19.0. The summed E-state index contributed by atoms with van der Waals surface area (Å²) in [7, 11) is 0. The average molecular weight is 451 g/mol. The molecule has 2 fully saturated rings. The summed E-state index contributed by atoms with van der Waals surface area (Å²) < 4.78 is 5.94. The van der Waals surface area contributed by atoms with Crippen LogP contribution in [0.5, 0.6) is 11.5 Å². The van der Waals surface area contributed by atoms with E-state index in [-0.39, 0.29) is 12.0 Å². The van der Waals surface area contributed by atoms with Crippen LogP contribution in [0.3, 0.4) is 0 Å². The monoisotopic (exact) mass is 450 g/mol. The average Bonchev–Trinajstić information content (AvgIpc) is 3.46. The molecule has 2 aliphatic rings. The summed E-state index contributed by atoms with van der Waals surface area (Å²) in [6, 6.07) is 15.5. The van der Waals surface area contributed by atoms with Gasteiger partial charge in [0.1, 0.15) is 11.5 Å². The van der Waals surface area contributed by atoms with E-state index in [1.165, 1.54) is 0 Å². The Hall–Kier alpha value is -3.32. The molecule has 2 N–H and O–H groups in total. The van der Waals surface area contributed by atoms with E-state index in [1.807, 2.05) is 60.4 Å². The number of benzene rings is 2. The Morgan fingerprint density at radius 1 is 1.21 bits per heavy atom. The van der Waals surface area contributed by atoms with E-state index in [0.717, 1.165) is 46.9 Å². The third-order valence-corrected chi connectivity index (χ3v) is 6.19. The number of hydrogen-bond donors (Lipinski definition) is 2. The number of ether oxygens (including phenoxy) is 1. The summed E-state index contributed by atoms with van der Waals surface area (Å²) in [6.07, 6.45) is 2.86. The van der Waals surface area contributed by atoms with Gasteiger partial charge in [-0.1, -0.05) is 37.3 Å². The maximum absolute atomic E-state index is 13.1. The van der Waals surface area contributed by atoms with Crippen molar-refractivity contribution in [3.63, 3.8) is 0 Å². The molecular formula is C26H30N2O5. The maximum atomic E-state index is 13.1. The minimum absolute atomic E-state index is 0.0479. The molecule has 0 radical (unpaired) electrons. The van der Waals surface area contributed by atoms with Crippen LogP contribution in [0, 0.1) is 12.8 Å². The van der Waals surface area contributed by atoms with Crippen molar-refractivity contribution < 1.29 is 24.3 Å². The molecule has 1 amide bonds. The van der Waals surface area contributed by atoms with Gasteiger partial charge in [-0.15, -0.1) is 0 Å². The Bertz CT molecular complexity index is 1050. The van der Waals surface area contributed by atoms with Gasteiger partial charge in [0, 0.05) is 18.7 Å². The fourth-order valence-electron chi connectivity index (χ4n) is 4.28. The van der Waals surface area contributed by atoms with Crippen LogP contribution < -0.4 is 10.2 Å². The maximum Gasteiger partial charge on any atom is 0.306 e. The topological polar surface area (TPSA) is 88.1 Å². The third-order valence-electron chi connectivity index (χ3n) is 6.19. The Labute approximate surface area is 194 Å². The number of aryl methyl sites for hydroxylation is 1. The first-order valence-corrected chi connectivity index (χ1v) is 11.4. The standard InChI is InChI=1S/C26H30N2O5/c1-17-6-3-4-8-24(17)32-20-11-9-19(10-12-20)15-25(29)28-13-5-7-23(28)22-16-21(33-27-22)14-18(2)26(30)31/h3-4,6,8-12,18,21,27H,5,7,13-16H2,1-2H3,(H,30,31). The Morgan fingerprint density at radius 3 is 2.70 bits per heavy atom. The van der Waals surface area contributed by atoms with Gasteiger partial charge in [0.05, 0.1) is 24.1 Å². The van der Waals surface area contributed by atoms with Crippen LogP contribution in [0.25, 0.3) is 0 Å². The number of nitrogens with zero attached hydrogens (tertiary/aromatic N) is 1. The highest BCUT2D eigenvalue weighted by atomic mass is 16.7. The second-order valence-electron chi connectivity index (χ2n) is 8.78. The normalized spacial score (nSPS) is 21.0. The Morgan fingerprint density at radius 2 is 1.97 bits per heavy atom. The second-order valence-corrected chi connectivity index (χ2v) is 8.78. The van der Waals surface area contributed by atoms with Crippen molar-refractivity contribution >= 4 is 11.9 Å². The molecule has 7 heteroatoms. The van der Waals surface area contributed by atoms with Crippen LogP contribution in [0.1, 0.15) is 43.7 Å². The lowest BCUT2D eigenvalue weighted by atomic mass is 10.0. The molecule has 0 aliphatic carbocycles. The molecular weight excluding hydrogens is 420 g/mol. The summed E-state index contributed by atoms with van der Waals surface area (Å²) in [6.45, 7) is 4.37. The molecule has 0 spiro atoms. The zero-order chi connectivity index (χ0) is 23.4. The number of carbonyl (C=O) groups excluding carboxylic acids is 1. The van der Waals surface area contributed by atoms with Crippen molar-refractivity contribution in [2.75, 3.05) is 6.54 Å². The summed E-state index contributed by atoms with van der Waals surface area (Å²) in [5, 5.41) is 9.13. The number of nitrogens with one attached hydrogen (secondary N) is 1. The molecule has 174 valence electrons. The van der Waals surface area contributed by atoms with Gasteiger partial charge in [-0.05, 0) is 55.5 Å². The summed E-state index contributed by atoms with van der Waals surface area (Å²) in [4.78, 5) is 31.6. The number of carboxylic acid groups (broad SMARTS) is 1. The van der Waals surface area contributed by atoms with Crippen molar-refractivity contribution in [1.29, 1.82) is 0 Å². The molecule has 4 rings (SSSR count). The molecule has 7 nitrogen and oxygen atoms in total. The van der Waals surface area contributed by atoms with Gasteiger partial charge in [-0.2, -0.15) is 0 Å². The molecule has 2 aliphatic heterocycles. The third kappa shape index (κ3) is 5.54. The van der Waals surface area contributed by atoms with Crippen LogP contribution in [-0.4, -0.2) is 34.5 Å². The number of carboxylic acids is 1. The van der Waals surface area contributed by atoms with Gasteiger partial charge in [-0.3, -0.25) is 19.9 Å². The van der Waals surface area contributed by atoms with Crippen LogP contribution in [-0.2, 0) is 20.8 Å². The van der Waals surface area contributed by atoms with E-state index in [9.17, 15) is 9.59 Å². The molecule has 2 heterocycles. The van der Waals surface area contributed by atoms with E-state index >= 15 is 0 Å². The quantitative estimate of drug-likeness (QED) is 0.643. The highest BCUT2D eigenvalue weighted by Gasteiger charge is 2.32. The van der Waals surface area contributed by atoms with Crippen molar-refractivity contribution in [3.8, 4) is 11.5 Å². The number of amides is 1. The number of hydrogen-bond acceptors (Lipinski definition) is 5. The summed E-state index contributed by atoms with van der Waals surface area (Å²) in [5.74, 6) is 0.301. The van der Waals surface area contributed by atoms with Gasteiger partial charge < -0.3 is 14.7 Å². The van der Waals surface area contributed by atoms with E-state index in [2.05, 4.69) is 5.48 Å². The van der Waals surface area contributed by atoms with E-state index in [0.29, 0.717) is 25.8 Å². The predicted octanol–water partition coefficient (Wildman–Crippen LogP) is 4.57. The number of carbonyl (C=O) groups is 2. The molecule has 2 unspecified atom stereocenters. The Kier molecular flexibility index (Phi) is 6.99. The fraction of sp³-hybridized carbons (Fsp3) is 0.385. The predicted molar refractivity (Wildman–Crippen MR) is 123 cm³/mol. The number of hydroxylamine groups is 1. The number of likely N-dealkylation sites (tertiary alicyclic amines) is 1. The Balaban J connectivity index is 1.37. The molecule has 2 atom stereocenters. The molecule has 33 heavy (non-hydrogen) atoms. The number of rotatable bonds is 7. The van der Waals surface area contributed by atoms with E-state index < -0.39 is 11.9 Å². The van der Waals surface area contributed by atoms with Gasteiger partial charge in [0.2, 0.25) is 5.91 Å². The minimum atomic E-state index is -0.826. The molecule has 0 aromatic heterocycles. The van der Waals surface area contributed by atoms with E-state index in [1.54, 1.807) is 6.92 Å².